The van der Waals surface area contributed by atoms with Crippen LogP contribution in [0.4, 0.5) is 11.4 Å². The van der Waals surface area contributed by atoms with Crippen molar-refractivity contribution in [3.8, 4) is 0 Å². The van der Waals surface area contributed by atoms with E-state index in [9.17, 15) is 9.90 Å². The van der Waals surface area contributed by atoms with Gasteiger partial charge in [-0.1, -0.05) is 6.07 Å². The van der Waals surface area contributed by atoms with E-state index in [-0.39, 0.29) is 5.56 Å². The van der Waals surface area contributed by atoms with Crippen molar-refractivity contribution in [3.63, 3.8) is 0 Å². The second-order valence-electron chi connectivity index (χ2n) is 6.39. The van der Waals surface area contributed by atoms with Gasteiger partial charge in [0.25, 0.3) is 5.56 Å². The van der Waals surface area contributed by atoms with Crippen LogP contribution in [0, 0.1) is 6.92 Å². The Morgan fingerprint density at radius 2 is 2.12 bits per heavy atom. The molecule has 4 heterocycles. The van der Waals surface area contributed by atoms with E-state index in [1.165, 1.54) is 4.68 Å². The van der Waals surface area contributed by atoms with E-state index >= 15 is 0 Å². The van der Waals surface area contributed by atoms with Gasteiger partial charge in [0, 0.05) is 12.4 Å². The molecule has 132 valence electrons. The highest BCUT2D eigenvalue weighted by atomic mass is 32.1. The van der Waals surface area contributed by atoms with Gasteiger partial charge in [-0.2, -0.15) is 5.10 Å². The summed E-state index contributed by atoms with van der Waals surface area (Å²) in [6.45, 7) is 2.31. The summed E-state index contributed by atoms with van der Waals surface area (Å²) in [5, 5.41) is 21.6. The third kappa shape index (κ3) is 2.14. The van der Waals surface area contributed by atoms with Gasteiger partial charge in [0.15, 0.2) is 5.65 Å². The number of hydrogen-bond donors (Lipinski definition) is 3. The Labute approximate surface area is 151 Å². The summed E-state index contributed by atoms with van der Waals surface area (Å²) < 4.78 is 4.30. The van der Waals surface area contributed by atoms with Crippen LogP contribution in [-0.2, 0) is 13.6 Å². The summed E-state index contributed by atoms with van der Waals surface area (Å²) in [6.07, 6.45) is 0.956. The molecule has 26 heavy (non-hydrogen) atoms. The average molecular weight is 368 g/mol. The number of aryl methyl sites for hydroxylation is 2. The first-order valence-electron chi connectivity index (χ1n) is 8.17. The van der Waals surface area contributed by atoms with Gasteiger partial charge in [0.1, 0.15) is 5.52 Å². The Morgan fingerprint density at radius 3 is 2.96 bits per heavy atom. The molecule has 1 unspecified atom stereocenters. The number of aliphatic hydroxyl groups excluding tert-OH is 1. The lowest BCUT2D eigenvalue weighted by Crippen LogP contribution is -2.24. The van der Waals surface area contributed by atoms with E-state index in [0.29, 0.717) is 12.1 Å². The standard InChI is InChI=1S/C17H16N6O2S/c1-8-19-15-14(26-8)10-6-18-23(16(24)13(10)22(15)2)7-9-3-4-11-12(5-9)21-17(25)20-11/h3-6,17,20-21,25H,7H2,1-2H3. The SMILES string of the molecule is Cc1nc2c(s1)c1cnn(Cc3ccc4c(c3)NC(O)N4)c(=O)c1n2C. The first-order valence-corrected chi connectivity index (χ1v) is 8.98. The zero-order valence-electron chi connectivity index (χ0n) is 14.1. The molecule has 0 aliphatic carbocycles. The summed E-state index contributed by atoms with van der Waals surface area (Å²) >= 11 is 1.58. The molecule has 1 aliphatic heterocycles. The molecule has 4 aromatic rings. The van der Waals surface area contributed by atoms with Crippen molar-refractivity contribution in [1.29, 1.82) is 0 Å². The van der Waals surface area contributed by atoms with E-state index in [4.69, 9.17) is 0 Å². The number of thiazole rings is 1. The topological polar surface area (TPSA) is 97.0 Å². The van der Waals surface area contributed by atoms with Crippen LogP contribution in [0.5, 0.6) is 0 Å². The second kappa shape index (κ2) is 5.29. The van der Waals surface area contributed by atoms with E-state index in [2.05, 4.69) is 20.7 Å². The van der Waals surface area contributed by atoms with Gasteiger partial charge >= 0.3 is 0 Å². The molecule has 5 rings (SSSR count). The maximum atomic E-state index is 13.0. The van der Waals surface area contributed by atoms with Gasteiger partial charge in [-0.15, -0.1) is 11.3 Å². The number of fused-ring (bicyclic) bond motifs is 4. The van der Waals surface area contributed by atoms with Gasteiger partial charge in [-0.05, 0) is 24.6 Å². The Morgan fingerprint density at radius 1 is 1.31 bits per heavy atom. The van der Waals surface area contributed by atoms with Crippen molar-refractivity contribution in [2.75, 3.05) is 10.6 Å². The number of aliphatic hydroxyl groups is 1. The summed E-state index contributed by atoms with van der Waals surface area (Å²) in [5.41, 5.74) is 3.86. The molecular formula is C17H16N6O2S. The van der Waals surface area contributed by atoms with Crippen LogP contribution in [0.15, 0.2) is 29.2 Å². The number of nitrogens with one attached hydrogen (secondary N) is 2. The van der Waals surface area contributed by atoms with Crippen LogP contribution in [0.25, 0.3) is 21.3 Å². The highest BCUT2D eigenvalue weighted by Gasteiger charge is 2.19. The van der Waals surface area contributed by atoms with E-state index in [1.807, 2.05) is 36.7 Å². The largest absolute Gasteiger partial charge is 0.357 e. The molecule has 3 aromatic heterocycles. The zero-order valence-corrected chi connectivity index (χ0v) is 15.0. The monoisotopic (exact) mass is 368 g/mol. The molecule has 0 amide bonds. The quantitative estimate of drug-likeness (QED) is 0.499. The molecule has 9 heteroatoms. The van der Waals surface area contributed by atoms with Gasteiger partial charge in [0.2, 0.25) is 6.35 Å². The number of rotatable bonds is 2. The smallest absolute Gasteiger partial charge is 0.291 e. The number of anilines is 2. The molecule has 3 N–H and O–H groups in total. The molecule has 1 aliphatic rings. The highest BCUT2D eigenvalue weighted by Crippen LogP contribution is 2.31. The second-order valence-corrected chi connectivity index (χ2v) is 7.59. The van der Waals surface area contributed by atoms with E-state index in [0.717, 1.165) is 37.7 Å². The first-order chi connectivity index (χ1) is 12.5. The van der Waals surface area contributed by atoms with Crippen molar-refractivity contribution in [1.82, 2.24) is 19.3 Å². The van der Waals surface area contributed by atoms with Crippen molar-refractivity contribution in [2.45, 2.75) is 19.8 Å². The van der Waals surface area contributed by atoms with Crippen molar-refractivity contribution < 1.29 is 5.11 Å². The van der Waals surface area contributed by atoms with Crippen LogP contribution in [0.1, 0.15) is 10.6 Å². The lowest BCUT2D eigenvalue weighted by Gasteiger charge is -2.07. The molecule has 8 nitrogen and oxygen atoms in total. The van der Waals surface area contributed by atoms with Crippen molar-refractivity contribution in [3.05, 3.63) is 45.3 Å². The average Bonchev–Trinajstić information content (AvgIpc) is 3.23. The maximum Gasteiger partial charge on any atom is 0.291 e. The predicted octanol–water partition coefficient (Wildman–Crippen LogP) is 1.81. The molecule has 0 fully saturated rings. The van der Waals surface area contributed by atoms with Crippen LogP contribution in [0.2, 0.25) is 0 Å². The summed E-state index contributed by atoms with van der Waals surface area (Å²) in [4.78, 5) is 17.5. The Bertz CT molecular complexity index is 1240. The zero-order chi connectivity index (χ0) is 18.0. The number of benzene rings is 1. The lowest BCUT2D eigenvalue weighted by atomic mass is 10.2. The van der Waals surface area contributed by atoms with E-state index < -0.39 is 6.35 Å². The van der Waals surface area contributed by atoms with Crippen LogP contribution < -0.4 is 16.2 Å². The Hall–Kier alpha value is -2.91. The molecule has 0 bridgehead atoms. The predicted molar refractivity (Wildman–Crippen MR) is 102 cm³/mol. The minimum absolute atomic E-state index is 0.139. The number of aromatic nitrogens is 4. The van der Waals surface area contributed by atoms with Crippen molar-refractivity contribution in [2.24, 2.45) is 7.05 Å². The van der Waals surface area contributed by atoms with Gasteiger partial charge in [-0.3, -0.25) is 4.79 Å². The lowest BCUT2D eigenvalue weighted by molar-refractivity contribution is 0.238. The Balaban J connectivity index is 1.60. The summed E-state index contributed by atoms with van der Waals surface area (Å²) in [6, 6.07) is 5.70. The molecule has 1 aromatic carbocycles. The normalized spacial score (nSPS) is 16.0. The fourth-order valence-electron chi connectivity index (χ4n) is 3.44. The van der Waals surface area contributed by atoms with Gasteiger partial charge < -0.3 is 20.3 Å². The van der Waals surface area contributed by atoms with Crippen LogP contribution in [0.3, 0.4) is 0 Å². The van der Waals surface area contributed by atoms with Gasteiger partial charge in [0.05, 0.1) is 33.8 Å². The molecule has 0 spiro atoms. The van der Waals surface area contributed by atoms with Crippen LogP contribution >= 0.6 is 11.3 Å². The fourth-order valence-corrected chi connectivity index (χ4v) is 4.41. The minimum atomic E-state index is -0.787. The Kier molecular flexibility index (Phi) is 3.12. The fraction of sp³-hybridized carbons (Fsp3) is 0.235. The molecule has 1 atom stereocenters. The summed E-state index contributed by atoms with van der Waals surface area (Å²) in [5.74, 6) is 0. The molecule has 0 saturated carbocycles. The number of hydrogen-bond acceptors (Lipinski definition) is 7. The number of nitrogens with zero attached hydrogens (tertiary/aromatic N) is 4. The summed E-state index contributed by atoms with van der Waals surface area (Å²) in [7, 11) is 1.86. The van der Waals surface area contributed by atoms with Gasteiger partial charge in [-0.25, -0.2) is 9.67 Å². The van der Waals surface area contributed by atoms with E-state index in [1.54, 1.807) is 17.5 Å². The molecular weight excluding hydrogens is 352 g/mol. The third-order valence-corrected chi connectivity index (χ3v) is 5.63. The minimum Gasteiger partial charge on any atom is -0.357 e. The maximum absolute atomic E-state index is 13.0. The molecule has 0 radical (unpaired) electrons. The van der Waals surface area contributed by atoms with Crippen LogP contribution in [-0.4, -0.2) is 30.8 Å². The molecule has 0 saturated heterocycles. The first kappa shape index (κ1) is 15.4. The highest BCUT2D eigenvalue weighted by molar-refractivity contribution is 7.19. The third-order valence-electron chi connectivity index (χ3n) is 4.63. The van der Waals surface area contributed by atoms with Crippen molar-refractivity contribution >= 4 is 44.0 Å².